The first-order chi connectivity index (χ1) is 20.0. The van der Waals surface area contributed by atoms with Gasteiger partial charge in [-0.25, -0.2) is 9.67 Å². The molecule has 1 unspecified atom stereocenters. The van der Waals surface area contributed by atoms with Crippen molar-refractivity contribution in [2.75, 3.05) is 13.7 Å². The molecule has 41 heavy (non-hydrogen) atoms. The number of ether oxygens (including phenoxy) is 2. The molecule has 0 saturated carbocycles. The average molecular weight is 549 g/mol. The molecule has 3 heterocycles. The van der Waals surface area contributed by atoms with Gasteiger partial charge in [-0.2, -0.15) is 5.10 Å². The van der Waals surface area contributed by atoms with E-state index in [-0.39, 0.29) is 31.0 Å². The van der Waals surface area contributed by atoms with Gasteiger partial charge in [0.2, 0.25) is 0 Å². The van der Waals surface area contributed by atoms with Gasteiger partial charge in [-0.15, -0.1) is 0 Å². The van der Waals surface area contributed by atoms with E-state index in [4.69, 9.17) is 9.47 Å². The molecule has 5 aromatic rings. The third kappa shape index (κ3) is 5.27. The lowest BCUT2D eigenvalue weighted by Gasteiger charge is -2.19. The molecule has 3 aromatic carbocycles. The zero-order chi connectivity index (χ0) is 28.3. The van der Waals surface area contributed by atoms with E-state index in [9.17, 15) is 9.59 Å². The molecule has 2 aromatic heterocycles. The Morgan fingerprint density at radius 3 is 2.78 bits per heavy atom. The van der Waals surface area contributed by atoms with Crippen LogP contribution in [-0.2, 0) is 11.3 Å². The van der Waals surface area contributed by atoms with Crippen LogP contribution < -0.4 is 20.1 Å². The van der Waals surface area contributed by atoms with E-state index in [2.05, 4.69) is 20.7 Å². The number of carbonyl (C=O) groups excluding carboxylic acids is 2. The number of rotatable bonds is 5. The van der Waals surface area contributed by atoms with Crippen LogP contribution in [0, 0.1) is 0 Å². The van der Waals surface area contributed by atoms with Gasteiger partial charge in [0.25, 0.3) is 11.8 Å². The molecule has 206 valence electrons. The number of hydrogen-bond acceptors (Lipinski definition) is 6. The summed E-state index contributed by atoms with van der Waals surface area (Å²) < 4.78 is 14.9. The van der Waals surface area contributed by atoms with Crippen molar-refractivity contribution in [3.63, 3.8) is 0 Å². The van der Waals surface area contributed by atoms with E-state index < -0.39 is 0 Å². The summed E-state index contributed by atoms with van der Waals surface area (Å²) in [6.07, 6.45) is 7.13. The molecule has 1 atom stereocenters. The van der Waals surface area contributed by atoms with Crippen LogP contribution in [0.4, 0.5) is 0 Å². The standard InChI is InChI=1S/C31H28N6O4/c1-20(25-6-3-4-7-26(25)37-12-5-10-34-37)35-31(39)23-14-21-15-24(16-23)36-13-11-32-30(36)22-8-9-27(40-2)28(17-22)41-19-29(38)33-18-21/h3-17,20H,18-19H2,1-2H3,(H,33,38)(H,35,39). The first kappa shape index (κ1) is 25.9. The fourth-order valence-electron chi connectivity index (χ4n) is 4.93. The number of nitrogens with zero attached hydrogens (tertiary/aromatic N) is 4. The Bertz CT molecular complexity index is 1730. The van der Waals surface area contributed by atoms with Crippen molar-refractivity contribution in [3.05, 3.63) is 108 Å². The molecular weight excluding hydrogens is 520 g/mol. The SMILES string of the molecule is COc1ccc2cc1OCC(=O)NCc1cc(C(=O)NC(C)c3ccccc3-n3cccn3)cc(c1)-n1ccnc1-2. The number of methoxy groups -OCH3 is 1. The predicted molar refractivity (Wildman–Crippen MR) is 152 cm³/mol. The number of fused-ring (bicyclic) bond motifs is 7. The lowest BCUT2D eigenvalue weighted by molar-refractivity contribution is -0.123. The van der Waals surface area contributed by atoms with Crippen molar-refractivity contribution < 1.29 is 19.1 Å². The number of carbonyl (C=O) groups is 2. The van der Waals surface area contributed by atoms with Crippen LogP contribution >= 0.6 is 0 Å². The molecule has 0 radical (unpaired) electrons. The Morgan fingerprint density at radius 1 is 1.07 bits per heavy atom. The number of para-hydroxylation sites is 1. The lowest BCUT2D eigenvalue weighted by Crippen LogP contribution is -2.29. The molecule has 0 aliphatic carbocycles. The Morgan fingerprint density at radius 2 is 1.95 bits per heavy atom. The van der Waals surface area contributed by atoms with Gasteiger partial charge >= 0.3 is 0 Å². The molecule has 2 N–H and O–H groups in total. The van der Waals surface area contributed by atoms with Crippen LogP contribution in [0.1, 0.15) is 34.5 Å². The van der Waals surface area contributed by atoms with Gasteiger partial charge in [0, 0.05) is 48.1 Å². The predicted octanol–water partition coefficient (Wildman–Crippen LogP) is 4.23. The Balaban J connectivity index is 1.37. The number of nitrogens with one attached hydrogen (secondary N) is 2. The summed E-state index contributed by atoms with van der Waals surface area (Å²) in [5, 5.41) is 10.4. The molecular formula is C31H28N6O4. The molecule has 1 aliphatic heterocycles. The maximum atomic E-state index is 13.6. The third-order valence-electron chi connectivity index (χ3n) is 6.93. The van der Waals surface area contributed by atoms with Gasteiger partial charge in [0.1, 0.15) is 5.82 Å². The summed E-state index contributed by atoms with van der Waals surface area (Å²) in [4.78, 5) is 30.8. The minimum absolute atomic E-state index is 0.186. The maximum absolute atomic E-state index is 13.6. The second kappa shape index (κ2) is 11.0. The van der Waals surface area contributed by atoms with Crippen molar-refractivity contribution >= 4 is 11.8 Å². The molecule has 10 heteroatoms. The van der Waals surface area contributed by atoms with Gasteiger partial charge in [-0.3, -0.25) is 14.2 Å². The highest BCUT2D eigenvalue weighted by Crippen LogP contribution is 2.33. The lowest BCUT2D eigenvalue weighted by atomic mass is 10.0. The molecule has 4 bridgehead atoms. The second-order valence-electron chi connectivity index (χ2n) is 9.64. The van der Waals surface area contributed by atoms with Crippen molar-refractivity contribution in [2.45, 2.75) is 19.5 Å². The Hall–Kier alpha value is -5.38. The van der Waals surface area contributed by atoms with Crippen LogP contribution in [0.15, 0.2) is 91.5 Å². The Kier molecular flexibility index (Phi) is 6.95. The summed E-state index contributed by atoms with van der Waals surface area (Å²) in [5.41, 5.74) is 4.53. The average Bonchev–Trinajstić information content (AvgIpc) is 3.71. The van der Waals surface area contributed by atoms with Crippen LogP contribution in [0.3, 0.4) is 0 Å². The smallest absolute Gasteiger partial charge is 0.258 e. The minimum Gasteiger partial charge on any atom is -0.493 e. The first-order valence-corrected chi connectivity index (χ1v) is 13.2. The summed E-state index contributed by atoms with van der Waals surface area (Å²) in [7, 11) is 1.55. The van der Waals surface area contributed by atoms with Crippen molar-refractivity contribution in [1.29, 1.82) is 0 Å². The van der Waals surface area contributed by atoms with E-state index in [1.165, 1.54) is 0 Å². The number of hydrogen-bond donors (Lipinski definition) is 2. The zero-order valence-corrected chi connectivity index (χ0v) is 22.6. The number of amides is 2. The quantitative estimate of drug-likeness (QED) is 0.340. The maximum Gasteiger partial charge on any atom is 0.258 e. The van der Waals surface area contributed by atoms with Crippen LogP contribution in [0.25, 0.3) is 22.8 Å². The van der Waals surface area contributed by atoms with Gasteiger partial charge in [0.15, 0.2) is 18.1 Å². The fourth-order valence-corrected chi connectivity index (χ4v) is 4.93. The molecule has 2 amide bonds. The van der Waals surface area contributed by atoms with E-state index >= 15 is 0 Å². The topological polar surface area (TPSA) is 112 Å². The van der Waals surface area contributed by atoms with Gasteiger partial charge in [-0.1, -0.05) is 18.2 Å². The molecule has 0 fully saturated rings. The van der Waals surface area contributed by atoms with E-state index in [0.717, 1.165) is 28.1 Å². The van der Waals surface area contributed by atoms with Crippen molar-refractivity contribution in [2.24, 2.45) is 0 Å². The van der Waals surface area contributed by atoms with E-state index in [1.54, 1.807) is 42.4 Å². The first-order valence-electron chi connectivity index (χ1n) is 13.2. The highest BCUT2D eigenvalue weighted by molar-refractivity contribution is 5.95. The molecule has 1 aliphatic rings. The normalized spacial score (nSPS) is 13.4. The fraction of sp³-hybridized carbons (Fsp3) is 0.161. The van der Waals surface area contributed by atoms with Crippen LogP contribution in [0.2, 0.25) is 0 Å². The molecule has 6 rings (SSSR count). The number of imidazole rings is 1. The van der Waals surface area contributed by atoms with Gasteiger partial charge in [0.05, 0.1) is 18.8 Å². The molecule has 0 spiro atoms. The van der Waals surface area contributed by atoms with Crippen molar-refractivity contribution in [1.82, 2.24) is 30.0 Å². The summed E-state index contributed by atoms with van der Waals surface area (Å²) >= 11 is 0. The summed E-state index contributed by atoms with van der Waals surface area (Å²) in [6, 6.07) is 20.4. The molecule has 0 saturated heterocycles. The van der Waals surface area contributed by atoms with Crippen LogP contribution in [0.5, 0.6) is 11.5 Å². The summed E-state index contributed by atoms with van der Waals surface area (Å²) in [5.74, 6) is 1.06. The number of aromatic nitrogens is 4. The second-order valence-corrected chi connectivity index (χ2v) is 9.64. The Labute approximate surface area is 236 Å². The summed E-state index contributed by atoms with van der Waals surface area (Å²) in [6.45, 7) is 1.97. The largest absolute Gasteiger partial charge is 0.493 e. The third-order valence-corrected chi connectivity index (χ3v) is 6.93. The zero-order valence-electron chi connectivity index (χ0n) is 22.6. The highest BCUT2D eigenvalue weighted by Gasteiger charge is 2.19. The van der Waals surface area contributed by atoms with E-state index in [0.29, 0.717) is 22.9 Å². The van der Waals surface area contributed by atoms with E-state index in [1.807, 2.05) is 72.4 Å². The molecule has 10 nitrogen and oxygen atoms in total. The number of benzene rings is 3. The van der Waals surface area contributed by atoms with Gasteiger partial charge < -0.3 is 20.1 Å². The minimum atomic E-state index is -0.303. The van der Waals surface area contributed by atoms with Crippen LogP contribution in [-0.4, -0.2) is 44.9 Å². The highest BCUT2D eigenvalue weighted by atomic mass is 16.5. The van der Waals surface area contributed by atoms with Crippen molar-refractivity contribution in [3.8, 4) is 34.3 Å². The monoisotopic (exact) mass is 548 g/mol. The van der Waals surface area contributed by atoms with Gasteiger partial charge in [-0.05, 0) is 66.6 Å².